The number of nitrogens with one attached hydrogen (secondary N) is 1. The Balaban J connectivity index is 2.52. The van der Waals surface area contributed by atoms with Gasteiger partial charge in [0.05, 0.1) is 0 Å². The van der Waals surface area contributed by atoms with Gasteiger partial charge in [0.2, 0.25) is 0 Å². The van der Waals surface area contributed by atoms with Crippen molar-refractivity contribution in [3.8, 4) is 11.1 Å². The topological polar surface area (TPSA) is 15.8 Å². The van der Waals surface area contributed by atoms with Gasteiger partial charge in [0.25, 0.3) is 0 Å². The number of H-pyrrole nitrogens is 1. The van der Waals surface area contributed by atoms with Crippen LogP contribution in [0.15, 0.2) is 36.4 Å². The van der Waals surface area contributed by atoms with Crippen LogP contribution in [0.4, 0.5) is 17.6 Å². The van der Waals surface area contributed by atoms with Gasteiger partial charge in [0, 0.05) is 5.56 Å². The highest BCUT2D eigenvalue weighted by molar-refractivity contribution is 7.71. The summed E-state index contributed by atoms with van der Waals surface area (Å²) in [5.74, 6) is -0.471. The van der Waals surface area contributed by atoms with Crippen LogP contribution in [0.2, 0.25) is 0 Å². The first-order chi connectivity index (χ1) is 8.38. The summed E-state index contributed by atoms with van der Waals surface area (Å²) in [5, 5.41) is 0. The molecular weight excluding hydrogens is 266 g/mol. The van der Waals surface area contributed by atoms with Gasteiger partial charge >= 0.3 is 6.18 Å². The van der Waals surface area contributed by atoms with Crippen LogP contribution < -0.4 is 0 Å². The van der Waals surface area contributed by atoms with Crippen molar-refractivity contribution in [2.45, 2.75) is 6.18 Å². The lowest BCUT2D eigenvalue weighted by Crippen LogP contribution is -2.07. The fourth-order valence-electron chi connectivity index (χ4n) is 1.52. The lowest BCUT2D eigenvalue weighted by Gasteiger charge is -2.08. The van der Waals surface area contributed by atoms with E-state index in [1.807, 2.05) is 0 Å². The minimum absolute atomic E-state index is 0.0737. The molecule has 2 aromatic rings. The summed E-state index contributed by atoms with van der Waals surface area (Å²) >= 11 is 4.86. The molecular formula is C12H7F4NS. The highest BCUT2D eigenvalue weighted by atomic mass is 32.1. The van der Waals surface area contributed by atoms with Crippen molar-refractivity contribution in [1.82, 2.24) is 4.98 Å². The molecule has 0 aliphatic carbocycles. The van der Waals surface area contributed by atoms with E-state index < -0.39 is 17.7 Å². The molecule has 1 heterocycles. The number of pyridine rings is 1. The Morgan fingerprint density at radius 1 is 1.06 bits per heavy atom. The second kappa shape index (κ2) is 4.53. The second-order valence-corrected chi connectivity index (χ2v) is 4.03. The molecule has 0 saturated heterocycles. The van der Waals surface area contributed by atoms with E-state index in [2.05, 4.69) is 4.98 Å². The molecule has 0 radical (unpaired) electrons. The first kappa shape index (κ1) is 12.8. The number of halogens is 4. The van der Waals surface area contributed by atoms with E-state index in [-0.39, 0.29) is 4.64 Å². The number of benzene rings is 1. The van der Waals surface area contributed by atoms with Crippen LogP contribution in [0.25, 0.3) is 11.1 Å². The smallest absolute Gasteiger partial charge is 0.342 e. The zero-order valence-electron chi connectivity index (χ0n) is 8.88. The van der Waals surface area contributed by atoms with Crippen LogP contribution in [0.1, 0.15) is 5.69 Å². The number of hydrogen-bond donors (Lipinski definition) is 1. The maximum absolute atomic E-state index is 13.0. The summed E-state index contributed by atoms with van der Waals surface area (Å²) in [6, 6.07) is 7.63. The van der Waals surface area contributed by atoms with E-state index in [0.717, 1.165) is 6.07 Å². The first-order valence-electron chi connectivity index (χ1n) is 4.94. The summed E-state index contributed by atoms with van der Waals surface area (Å²) in [5.41, 5.74) is -0.130. The SMILES string of the molecule is Fc1cccc(-c2ccc(C(F)(F)F)[nH]c2=S)c1. The number of rotatable bonds is 1. The third kappa shape index (κ3) is 2.59. The fourth-order valence-corrected chi connectivity index (χ4v) is 1.82. The average molecular weight is 273 g/mol. The van der Waals surface area contributed by atoms with Crippen LogP contribution in [0.3, 0.4) is 0 Å². The van der Waals surface area contributed by atoms with Crippen molar-refractivity contribution in [2.24, 2.45) is 0 Å². The van der Waals surface area contributed by atoms with Gasteiger partial charge in [-0.2, -0.15) is 13.2 Å². The third-order valence-corrected chi connectivity index (χ3v) is 2.67. The molecule has 2 rings (SSSR count). The Bertz CT molecular complexity index is 630. The second-order valence-electron chi connectivity index (χ2n) is 3.62. The molecule has 1 aromatic heterocycles. The third-order valence-electron chi connectivity index (χ3n) is 2.35. The van der Waals surface area contributed by atoms with Gasteiger partial charge in [-0.15, -0.1) is 0 Å². The summed E-state index contributed by atoms with van der Waals surface area (Å²) in [6.07, 6.45) is -4.48. The van der Waals surface area contributed by atoms with Crippen molar-refractivity contribution in [3.05, 3.63) is 52.5 Å². The normalized spacial score (nSPS) is 11.6. The molecule has 1 nitrogen and oxygen atoms in total. The van der Waals surface area contributed by atoms with Crippen LogP contribution in [-0.2, 0) is 6.18 Å². The van der Waals surface area contributed by atoms with Crippen molar-refractivity contribution < 1.29 is 17.6 Å². The van der Waals surface area contributed by atoms with Gasteiger partial charge in [-0.3, -0.25) is 0 Å². The standard InChI is InChI=1S/C12H7F4NS/c13-8-3-1-2-7(6-8)9-4-5-10(12(14,15)16)17-11(9)18/h1-6H,(H,17,18). The molecule has 94 valence electrons. The predicted molar refractivity (Wildman–Crippen MR) is 62.0 cm³/mol. The molecule has 0 aliphatic rings. The van der Waals surface area contributed by atoms with Crippen LogP contribution >= 0.6 is 12.2 Å². The van der Waals surface area contributed by atoms with E-state index in [1.54, 1.807) is 6.07 Å². The van der Waals surface area contributed by atoms with E-state index >= 15 is 0 Å². The number of alkyl halides is 3. The lowest BCUT2D eigenvalue weighted by atomic mass is 10.1. The number of hydrogen-bond acceptors (Lipinski definition) is 1. The molecule has 0 bridgehead atoms. The zero-order chi connectivity index (χ0) is 13.3. The highest BCUT2D eigenvalue weighted by Crippen LogP contribution is 2.29. The van der Waals surface area contributed by atoms with Gasteiger partial charge in [-0.1, -0.05) is 24.4 Å². The number of aromatic nitrogens is 1. The Morgan fingerprint density at radius 3 is 2.33 bits per heavy atom. The Kier molecular flexibility index (Phi) is 3.21. The van der Waals surface area contributed by atoms with E-state index in [9.17, 15) is 17.6 Å². The molecule has 1 aromatic carbocycles. The summed E-state index contributed by atoms with van der Waals surface area (Å²) in [4.78, 5) is 2.10. The molecule has 0 spiro atoms. The van der Waals surface area contributed by atoms with Crippen LogP contribution in [0.5, 0.6) is 0 Å². The molecule has 0 aliphatic heterocycles. The number of aromatic amines is 1. The Labute approximate surface area is 105 Å². The molecule has 0 amide bonds. The quantitative estimate of drug-likeness (QED) is 0.594. The fraction of sp³-hybridized carbons (Fsp3) is 0.0833. The molecule has 0 saturated carbocycles. The predicted octanol–water partition coefficient (Wildman–Crippen LogP) is 4.57. The van der Waals surface area contributed by atoms with Crippen LogP contribution in [0, 0.1) is 10.5 Å². The lowest BCUT2D eigenvalue weighted by molar-refractivity contribution is -0.141. The molecule has 6 heteroatoms. The first-order valence-corrected chi connectivity index (χ1v) is 5.35. The van der Waals surface area contributed by atoms with Crippen molar-refractivity contribution >= 4 is 12.2 Å². The van der Waals surface area contributed by atoms with Gasteiger partial charge in [0.1, 0.15) is 16.2 Å². The molecule has 0 unspecified atom stereocenters. The van der Waals surface area contributed by atoms with Crippen LogP contribution in [-0.4, -0.2) is 4.98 Å². The van der Waals surface area contributed by atoms with Crippen molar-refractivity contribution in [3.63, 3.8) is 0 Å². The molecule has 18 heavy (non-hydrogen) atoms. The van der Waals surface area contributed by atoms with Crippen molar-refractivity contribution in [2.75, 3.05) is 0 Å². The van der Waals surface area contributed by atoms with E-state index in [0.29, 0.717) is 11.1 Å². The highest BCUT2D eigenvalue weighted by Gasteiger charge is 2.31. The summed E-state index contributed by atoms with van der Waals surface area (Å²) in [6.45, 7) is 0. The molecule has 0 fully saturated rings. The largest absolute Gasteiger partial charge is 0.431 e. The Morgan fingerprint density at radius 2 is 1.78 bits per heavy atom. The maximum atomic E-state index is 13.0. The maximum Gasteiger partial charge on any atom is 0.431 e. The average Bonchev–Trinajstić information content (AvgIpc) is 2.27. The van der Waals surface area contributed by atoms with E-state index in [4.69, 9.17) is 12.2 Å². The summed E-state index contributed by atoms with van der Waals surface area (Å²) < 4.78 is 50.2. The van der Waals surface area contributed by atoms with Gasteiger partial charge in [-0.05, 0) is 29.8 Å². The zero-order valence-corrected chi connectivity index (χ0v) is 9.70. The van der Waals surface area contributed by atoms with E-state index in [1.165, 1.54) is 24.3 Å². The van der Waals surface area contributed by atoms with Crippen molar-refractivity contribution in [1.29, 1.82) is 0 Å². The monoisotopic (exact) mass is 273 g/mol. The molecule has 0 atom stereocenters. The van der Waals surface area contributed by atoms with Gasteiger partial charge in [-0.25, -0.2) is 4.39 Å². The Hall–Kier alpha value is -1.69. The summed E-state index contributed by atoms with van der Waals surface area (Å²) in [7, 11) is 0. The molecule has 1 N–H and O–H groups in total. The minimum Gasteiger partial charge on any atom is -0.342 e. The van der Waals surface area contributed by atoms with Gasteiger partial charge in [0.15, 0.2) is 0 Å². The van der Waals surface area contributed by atoms with Gasteiger partial charge < -0.3 is 4.98 Å². The minimum atomic E-state index is -4.48.